The minimum atomic E-state index is 0.0874. The van der Waals surface area contributed by atoms with E-state index in [1.165, 1.54) is 16.8 Å². The summed E-state index contributed by atoms with van der Waals surface area (Å²) >= 11 is 3.50. The van der Waals surface area contributed by atoms with Crippen molar-refractivity contribution in [2.45, 2.75) is 19.5 Å². The van der Waals surface area contributed by atoms with Crippen LogP contribution in [0.4, 0.5) is 5.69 Å². The van der Waals surface area contributed by atoms with Crippen LogP contribution in [0, 0.1) is 0 Å². The van der Waals surface area contributed by atoms with Crippen LogP contribution in [-0.2, 0) is 6.54 Å². The maximum atomic E-state index is 5.86. The topological polar surface area (TPSA) is 29.3 Å². The predicted molar refractivity (Wildman–Crippen MR) is 85.3 cm³/mol. The third kappa shape index (κ3) is 3.82. The summed E-state index contributed by atoms with van der Waals surface area (Å²) in [4.78, 5) is 2.23. The Bertz CT molecular complexity index is 535. The smallest absolute Gasteiger partial charge is 0.0426 e. The first-order chi connectivity index (χ1) is 9.06. The number of nitrogens with two attached hydrogens (primary N) is 1. The van der Waals surface area contributed by atoms with Gasteiger partial charge in [0.15, 0.2) is 0 Å². The molecule has 0 saturated carbocycles. The molecule has 0 amide bonds. The van der Waals surface area contributed by atoms with Gasteiger partial charge in [-0.15, -0.1) is 0 Å². The summed E-state index contributed by atoms with van der Waals surface area (Å²) in [6.45, 7) is 2.89. The van der Waals surface area contributed by atoms with Gasteiger partial charge in [0.25, 0.3) is 0 Å². The molecule has 0 aromatic heterocycles. The molecule has 0 spiro atoms. The Morgan fingerprint density at radius 3 is 2.42 bits per heavy atom. The highest BCUT2D eigenvalue weighted by Crippen LogP contribution is 2.20. The summed E-state index contributed by atoms with van der Waals surface area (Å²) in [6.07, 6.45) is 0. The normalized spacial score (nSPS) is 12.2. The van der Waals surface area contributed by atoms with Crippen molar-refractivity contribution in [1.29, 1.82) is 0 Å². The third-order valence-corrected chi connectivity index (χ3v) is 3.66. The third-order valence-electron chi connectivity index (χ3n) is 3.17. The van der Waals surface area contributed by atoms with Crippen molar-refractivity contribution in [3.63, 3.8) is 0 Å². The quantitative estimate of drug-likeness (QED) is 0.919. The Labute approximate surface area is 123 Å². The van der Waals surface area contributed by atoms with Gasteiger partial charge in [0, 0.05) is 29.8 Å². The molecule has 2 rings (SSSR count). The van der Waals surface area contributed by atoms with Crippen molar-refractivity contribution in [2.24, 2.45) is 5.73 Å². The molecule has 0 aliphatic rings. The molecule has 0 unspecified atom stereocenters. The number of rotatable bonds is 4. The molecule has 2 aromatic rings. The number of benzene rings is 2. The van der Waals surface area contributed by atoms with E-state index in [1.54, 1.807) is 0 Å². The summed E-state index contributed by atoms with van der Waals surface area (Å²) < 4.78 is 1.12. The first-order valence-corrected chi connectivity index (χ1v) is 7.16. The molecule has 0 aliphatic heterocycles. The molecule has 100 valence electrons. The van der Waals surface area contributed by atoms with E-state index < -0.39 is 0 Å². The lowest BCUT2D eigenvalue weighted by Gasteiger charge is -2.20. The Hall–Kier alpha value is -1.32. The van der Waals surface area contributed by atoms with Crippen LogP contribution in [0.3, 0.4) is 0 Å². The number of hydrogen-bond acceptors (Lipinski definition) is 2. The summed E-state index contributed by atoms with van der Waals surface area (Å²) in [6, 6.07) is 16.9. The molecule has 0 bridgehead atoms. The molecule has 0 heterocycles. The Kier molecular flexibility index (Phi) is 4.61. The minimum absolute atomic E-state index is 0.0874. The molecule has 0 fully saturated rings. The van der Waals surface area contributed by atoms with Crippen molar-refractivity contribution in [3.05, 3.63) is 64.1 Å². The summed E-state index contributed by atoms with van der Waals surface area (Å²) in [5.41, 5.74) is 9.51. The Morgan fingerprint density at radius 1 is 1.16 bits per heavy atom. The van der Waals surface area contributed by atoms with Crippen LogP contribution >= 0.6 is 15.9 Å². The van der Waals surface area contributed by atoms with Crippen LogP contribution in [0.5, 0.6) is 0 Å². The van der Waals surface area contributed by atoms with E-state index in [0.29, 0.717) is 0 Å². The zero-order valence-corrected chi connectivity index (χ0v) is 12.9. The molecule has 0 aliphatic carbocycles. The fourth-order valence-electron chi connectivity index (χ4n) is 2.03. The molecule has 19 heavy (non-hydrogen) atoms. The second kappa shape index (κ2) is 6.22. The van der Waals surface area contributed by atoms with Gasteiger partial charge in [-0.05, 0) is 42.3 Å². The van der Waals surface area contributed by atoms with Crippen molar-refractivity contribution in [3.8, 4) is 0 Å². The van der Waals surface area contributed by atoms with E-state index in [1.807, 2.05) is 13.0 Å². The van der Waals surface area contributed by atoms with E-state index in [0.717, 1.165) is 11.0 Å². The first kappa shape index (κ1) is 14.1. The van der Waals surface area contributed by atoms with Crippen LogP contribution < -0.4 is 10.6 Å². The lowest BCUT2D eigenvalue weighted by atomic mass is 10.1. The van der Waals surface area contributed by atoms with Gasteiger partial charge in [-0.3, -0.25) is 0 Å². The number of halogens is 1. The van der Waals surface area contributed by atoms with Gasteiger partial charge < -0.3 is 10.6 Å². The Balaban J connectivity index is 2.09. The lowest BCUT2D eigenvalue weighted by Crippen LogP contribution is -2.16. The lowest BCUT2D eigenvalue weighted by molar-refractivity contribution is 0.817. The molecule has 3 heteroatoms. The summed E-state index contributed by atoms with van der Waals surface area (Å²) in [5, 5.41) is 0. The van der Waals surface area contributed by atoms with Crippen LogP contribution in [0.2, 0.25) is 0 Å². The largest absolute Gasteiger partial charge is 0.370 e. The molecule has 2 nitrogen and oxygen atoms in total. The van der Waals surface area contributed by atoms with Crippen LogP contribution in [0.15, 0.2) is 53.0 Å². The fourth-order valence-corrected chi connectivity index (χ4v) is 2.48. The second-order valence-corrected chi connectivity index (χ2v) is 5.78. The SMILES string of the molecule is C[C@@H](N)c1ccc(N(C)Cc2cccc(Br)c2)cc1. The van der Waals surface area contributed by atoms with Gasteiger partial charge in [-0.2, -0.15) is 0 Å². The number of hydrogen-bond donors (Lipinski definition) is 1. The maximum absolute atomic E-state index is 5.86. The van der Waals surface area contributed by atoms with Gasteiger partial charge in [0.1, 0.15) is 0 Å². The van der Waals surface area contributed by atoms with E-state index in [4.69, 9.17) is 5.73 Å². The van der Waals surface area contributed by atoms with Gasteiger partial charge in [-0.1, -0.05) is 40.2 Å². The summed E-state index contributed by atoms with van der Waals surface area (Å²) in [5.74, 6) is 0. The van der Waals surface area contributed by atoms with Crippen molar-refractivity contribution < 1.29 is 0 Å². The zero-order valence-electron chi connectivity index (χ0n) is 11.3. The maximum Gasteiger partial charge on any atom is 0.0426 e. The highest BCUT2D eigenvalue weighted by Gasteiger charge is 2.04. The van der Waals surface area contributed by atoms with E-state index in [9.17, 15) is 0 Å². The van der Waals surface area contributed by atoms with Gasteiger partial charge in [0.05, 0.1) is 0 Å². The monoisotopic (exact) mass is 318 g/mol. The molecule has 0 saturated heterocycles. The highest BCUT2D eigenvalue weighted by molar-refractivity contribution is 9.10. The molecular formula is C16H19BrN2. The molecule has 2 N–H and O–H groups in total. The van der Waals surface area contributed by atoms with E-state index >= 15 is 0 Å². The van der Waals surface area contributed by atoms with Crippen molar-refractivity contribution in [2.75, 3.05) is 11.9 Å². The minimum Gasteiger partial charge on any atom is -0.370 e. The van der Waals surface area contributed by atoms with Crippen molar-refractivity contribution >= 4 is 21.6 Å². The average Bonchev–Trinajstić information content (AvgIpc) is 2.39. The van der Waals surface area contributed by atoms with Gasteiger partial charge in [-0.25, -0.2) is 0 Å². The van der Waals surface area contributed by atoms with E-state index in [-0.39, 0.29) is 6.04 Å². The van der Waals surface area contributed by atoms with Crippen LogP contribution in [0.1, 0.15) is 24.1 Å². The molecule has 1 atom stereocenters. The van der Waals surface area contributed by atoms with Crippen LogP contribution in [-0.4, -0.2) is 7.05 Å². The van der Waals surface area contributed by atoms with Crippen LogP contribution in [0.25, 0.3) is 0 Å². The Morgan fingerprint density at radius 2 is 1.84 bits per heavy atom. The van der Waals surface area contributed by atoms with Gasteiger partial charge in [0.2, 0.25) is 0 Å². The van der Waals surface area contributed by atoms with Crippen molar-refractivity contribution in [1.82, 2.24) is 0 Å². The van der Waals surface area contributed by atoms with Gasteiger partial charge >= 0.3 is 0 Å². The molecule has 0 radical (unpaired) electrons. The molecular weight excluding hydrogens is 300 g/mol. The molecule has 2 aromatic carbocycles. The zero-order chi connectivity index (χ0) is 13.8. The number of anilines is 1. The highest BCUT2D eigenvalue weighted by atomic mass is 79.9. The average molecular weight is 319 g/mol. The number of nitrogens with zero attached hydrogens (tertiary/aromatic N) is 1. The summed E-state index contributed by atoms with van der Waals surface area (Å²) in [7, 11) is 2.10. The standard InChI is InChI=1S/C16H19BrN2/c1-12(18)14-6-8-16(9-7-14)19(2)11-13-4-3-5-15(17)10-13/h3-10,12H,11,18H2,1-2H3/t12-/m1/s1. The second-order valence-electron chi connectivity index (χ2n) is 4.87. The fraction of sp³-hybridized carbons (Fsp3) is 0.250. The van der Waals surface area contributed by atoms with E-state index in [2.05, 4.69) is 70.3 Å². The first-order valence-electron chi connectivity index (χ1n) is 6.37. The predicted octanol–water partition coefficient (Wildman–Crippen LogP) is 4.11.